The van der Waals surface area contributed by atoms with E-state index in [1.54, 1.807) is 0 Å². The highest BCUT2D eigenvalue weighted by atomic mass is 14.9. The summed E-state index contributed by atoms with van der Waals surface area (Å²) < 4.78 is 8.95. The molecule has 6 heteroatoms. The number of fused-ring (bicyclic) bond motifs is 4. The van der Waals surface area contributed by atoms with Crippen molar-refractivity contribution in [2.45, 2.75) is 193 Å². The normalized spacial score (nSPS) is 14.7. The van der Waals surface area contributed by atoms with Gasteiger partial charge in [0.25, 0.3) is 0 Å². The van der Waals surface area contributed by atoms with Gasteiger partial charge in [0.05, 0.1) is 32.7 Å². The van der Waals surface area contributed by atoms with Crippen molar-refractivity contribution in [2.75, 3.05) is 0 Å². The second-order valence-electron chi connectivity index (χ2n) is 33.9. The summed E-state index contributed by atoms with van der Waals surface area (Å²) >= 11 is 0. The summed E-state index contributed by atoms with van der Waals surface area (Å²) in [5.41, 5.74) is 23.7. The first kappa shape index (κ1) is 75.4. The van der Waals surface area contributed by atoms with Crippen LogP contribution in [0.2, 0.25) is 0 Å². The number of hydrogen-bond donors (Lipinski definition) is 0. The minimum absolute atomic E-state index is 0.520. The molecule has 2 aliphatic carbocycles. The van der Waals surface area contributed by atoms with Gasteiger partial charge < -0.3 is 0 Å². The third kappa shape index (κ3) is 17.1. The number of hydrogen-bond acceptors (Lipinski definition) is 2. The van der Waals surface area contributed by atoms with Crippen molar-refractivity contribution < 1.29 is 18.3 Å². The zero-order valence-corrected chi connectivity index (χ0v) is 66.5. The highest BCUT2D eigenvalue weighted by molar-refractivity contribution is 5.97. The van der Waals surface area contributed by atoms with Gasteiger partial charge in [0.1, 0.15) is 28.2 Å². The lowest BCUT2D eigenvalue weighted by Gasteiger charge is -2.34. The van der Waals surface area contributed by atoms with Gasteiger partial charge in [-0.05, 0) is 259 Å². The lowest BCUT2D eigenvalue weighted by atomic mass is 9.71. The van der Waals surface area contributed by atoms with Crippen LogP contribution < -0.4 is 18.3 Å². The summed E-state index contributed by atoms with van der Waals surface area (Å²) in [6.07, 6.45) is 27.0. The molecule has 6 nitrogen and oxygen atoms in total. The first-order chi connectivity index (χ1) is 49.1. The van der Waals surface area contributed by atoms with Crippen LogP contribution >= 0.6 is 0 Å². The van der Waals surface area contributed by atoms with E-state index in [0.717, 1.165) is 0 Å². The van der Waals surface area contributed by atoms with Gasteiger partial charge in [-0.1, -0.05) is 168 Å². The van der Waals surface area contributed by atoms with Crippen molar-refractivity contribution in [1.29, 1.82) is 0 Å². The Labute approximate surface area is 619 Å². The van der Waals surface area contributed by atoms with E-state index in [9.17, 15) is 0 Å². The molecular weight excluding hydrogens is 1250 g/mol. The number of nitrogens with zero attached hydrogens (tertiary/aromatic N) is 6. The maximum absolute atomic E-state index is 4.36. The van der Waals surface area contributed by atoms with E-state index in [1.165, 1.54) is 190 Å². The highest BCUT2D eigenvalue weighted by Crippen LogP contribution is 2.46. The molecule has 6 heterocycles. The topological polar surface area (TPSA) is 41.3 Å². The Hall–Kier alpha value is -8.74. The average Bonchev–Trinajstić information content (AvgIpc) is 0.780. The molecular formula is C97H120N6+4. The molecule has 0 saturated heterocycles. The van der Waals surface area contributed by atoms with Crippen LogP contribution in [0.5, 0.6) is 0 Å². The highest BCUT2D eigenvalue weighted by Gasteiger charge is 2.31. The molecule has 0 amide bonds. The molecule has 2 fully saturated rings. The van der Waals surface area contributed by atoms with Crippen LogP contribution in [0.15, 0.2) is 201 Å². The number of benzene rings is 6. The third-order valence-corrected chi connectivity index (χ3v) is 23.5. The monoisotopic (exact) mass is 1370 g/mol. The van der Waals surface area contributed by atoms with Gasteiger partial charge in [0.2, 0.25) is 22.8 Å². The molecule has 0 radical (unpaired) electrons. The number of aromatic nitrogens is 6. The van der Waals surface area contributed by atoms with Crippen LogP contribution in [0.3, 0.4) is 0 Å². The van der Waals surface area contributed by atoms with Gasteiger partial charge in [-0.15, -0.1) is 0 Å². The first-order valence-electron chi connectivity index (χ1n) is 38.7. The summed E-state index contributed by atoms with van der Waals surface area (Å²) in [6.45, 7) is 39.2. The molecule has 103 heavy (non-hydrogen) atoms. The smallest absolute Gasteiger partial charge is 0.221 e. The van der Waals surface area contributed by atoms with Crippen LogP contribution in [-0.4, -0.2) is 9.97 Å². The maximum Gasteiger partial charge on any atom is 0.221 e. The Bertz CT molecular complexity index is 4790. The molecule has 2 aliphatic rings. The first-order valence-corrected chi connectivity index (χ1v) is 38.7. The molecule has 14 rings (SSSR count). The Morgan fingerprint density at radius 2 is 0.699 bits per heavy atom. The molecule has 0 N–H and O–H groups in total. The lowest BCUT2D eigenvalue weighted by Crippen LogP contribution is -2.30. The zero-order valence-electron chi connectivity index (χ0n) is 66.5. The largest absolute Gasteiger partial charge is 0.264 e. The van der Waals surface area contributed by atoms with E-state index in [1.807, 2.05) is 24.8 Å². The Balaban J connectivity index is 0.000000138. The van der Waals surface area contributed by atoms with E-state index in [4.69, 9.17) is 0 Å². The minimum Gasteiger partial charge on any atom is -0.264 e. The molecule has 0 aliphatic heterocycles. The quantitative estimate of drug-likeness (QED) is 0.114. The summed E-state index contributed by atoms with van der Waals surface area (Å²) in [6, 6.07) is 57.0. The van der Waals surface area contributed by atoms with E-state index < -0.39 is 0 Å². The fourth-order valence-corrected chi connectivity index (χ4v) is 17.7. The van der Waals surface area contributed by atoms with Crippen molar-refractivity contribution in [1.82, 2.24) is 9.97 Å². The number of aryl methyl sites for hydroxylation is 9. The third-order valence-electron chi connectivity index (χ3n) is 23.5. The summed E-state index contributed by atoms with van der Waals surface area (Å²) in [4.78, 5) is 8.62. The van der Waals surface area contributed by atoms with Gasteiger partial charge in [-0.25, -0.2) is 18.3 Å². The van der Waals surface area contributed by atoms with Crippen LogP contribution in [-0.2, 0) is 28.2 Å². The van der Waals surface area contributed by atoms with E-state index in [-0.39, 0.29) is 0 Å². The van der Waals surface area contributed by atoms with E-state index in [0.29, 0.717) is 58.2 Å². The molecule has 0 spiro atoms. The molecule has 0 atom stereocenters. The fourth-order valence-electron chi connectivity index (χ4n) is 17.7. The van der Waals surface area contributed by atoms with Gasteiger partial charge in [0.15, 0.2) is 24.8 Å². The van der Waals surface area contributed by atoms with Gasteiger partial charge in [0, 0.05) is 60.2 Å². The van der Waals surface area contributed by atoms with Crippen molar-refractivity contribution >= 4 is 43.1 Å². The van der Waals surface area contributed by atoms with E-state index >= 15 is 0 Å². The van der Waals surface area contributed by atoms with Crippen molar-refractivity contribution in [3.05, 3.63) is 251 Å². The fraction of sp³-hybridized carbons (Fsp3) is 0.402. The van der Waals surface area contributed by atoms with Gasteiger partial charge in [-0.2, -0.15) is 0 Å². The molecule has 2 saturated carbocycles. The Morgan fingerprint density at radius 3 is 1.12 bits per heavy atom. The predicted octanol–water partition coefficient (Wildman–Crippen LogP) is 23.8. The van der Waals surface area contributed by atoms with Gasteiger partial charge >= 0.3 is 0 Å². The molecule has 534 valence electrons. The van der Waals surface area contributed by atoms with Crippen LogP contribution in [0, 0.1) is 69.1 Å². The maximum atomic E-state index is 4.36. The Kier molecular flexibility index (Phi) is 23.5. The Morgan fingerprint density at radius 1 is 0.340 bits per heavy atom. The number of pyridine rings is 6. The van der Waals surface area contributed by atoms with Gasteiger partial charge in [-0.3, -0.25) is 9.97 Å². The second-order valence-corrected chi connectivity index (χ2v) is 33.9. The molecule has 0 unspecified atom stereocenters. The standard InChI is InChI=1S/C25H32N.2C24H29N2.C24H30N/c1-16(2)24(17(3)4)21-10-11-22-20(15-21)12-13-26(7)25(22)23-14-18(5)8-9-19(23)6;1-17-16-25-13-9-21(17)23-22-6-5-19(15-20(22)10-14-26(23)4)18-7-11-24(2,3)12-8-18;1-17-9-13-25-16-22(17)23-21-6-5-19(15-20(21)10-14-26(23)4)18-7-11-24(2,3)12-8-18;1-16(2)23(17(3)4)20-11-12-22-19(15-20)13-14-25(6)24(22)21-10-8-7-9-18(21)5/h8-17,24H,1-7H3;2*5-6,9-10,13-16,18H,7-8,11-12H2,1-4H3;7-17,23H,1-6H3/q4*+1. The van der Waals surface area contributed by atoms with E-state index in [2.05, 4.69) is 351 Å². The SMILES string of the molecule is Cc1ccc(C)c(-c2c3ccc(C(C(C)C)C(C)C)cc3cc[n+]2C)c1.Cc1ccccc1-c1c2ccc(C(C(C)C)C(C)C)cc2cc[n+]1C.Cc1ccncc1-c1c2ccc(C3CCC(C)(C)CC3)cc2cc[n+]1C.Cc1cnccc1-c1c2ccc(C3CCC(C)(C)CC3)cc2cc[n+]1C. The van der Waals surface area contributed by atoms with Crippen LogP contribution in [0.4, 0.5) is 0 Å². The molecule has 12 aromatic rings. The number of rotatable bonds is 12. The van der Waals surface area contributed by atoms with Crippen LogP contribution in [0.1, 0.15) is 208 Å². The molecule has 6 aromatic carbocycles. The predicted molar refractivity (Wildman–Crippen MR) is 436 cm³/mol. The molecule has 6 aromatic heterocycles. The average molecular weight is 1370 g/mol. The molecule has 0 bridgehead atoms. The minimum atomic E-state index is 0.520. The van der Waals surface area contributed by atoms with Crippen LogP contribution in [0.25, 0.3) is 88.1 Å². The summed E-state index contributed by atoms with van der Waals surface area (Å²) in [5, 5.41) is 10.6. The summed E-state index contributed by atoms with van der Waals surface area (Å²) in [7, 11) is 8.54. The summed E-state index contributed by atoms with van der Waals surface area (Å²) in [5.74, 6) is 5.20. The second kappa shape index (κ2) is 32.1. The van der Waals surface area contributed by atoms with Crippen molar-refractivity contribution in [2.24, 2.45) is 62.7 Å². The zero-order chi connectivity index (χ0) is 73.8. The van der Waals surface area contributed by atoms with Crippen molar-refractivity contribution in [3.8, 4) is 45.0 Å². The lowest BCUT2D eigenvalue weighted by molar-refractivity contribution is -0.659. The van der Waals surface area contributed by atoms with Crippen molar-refractivity contribution in [3.63, 3.8) is 0 Å².